The third kappa shape index (κ3) is 2.08. The lowest BCUT2D eigenvalue weighted by Crippen LogP contribution is -2.21. The Kier molecular flexibility index (Phi) is 2.91. The van der Waals surface area contributed by atoms with Crippen LogP contribution < -0.4 is 0 Å². The van der Waals surface area contributed by atoms with Gasteiger partial charge in [-0.1, -0.05) is 19.4 Å². The molecule has 2 nitrogen and oxygen atoms in total. The van der Waals surface area contributed by atoms with Crippen molar-refractivity contribution in [1.82, 2.24) is 0 Å². The smallest absolute Gasteiger partial charge is 0.164 e. The highest BCUT2D eigenvalue weighted by molar-refractivity contribution is 4.92. The Bertz CT molecular complexity index is 163. The van der Waals surface area contributed by atoms with Crippen LogP contribution in [0.4, 0.5) is 0 Å². The molecule has 1 aliphatic heterocycles. The number of hydrogen-bond donors (Lipinski definition) is 0. The van der Waals surface area contributed by atoms with E-state index in [4.69, 9.17) is 9.47 Å². The summed E-state index contributed by atoms with van der Waals surface area (Å²) in [5.74, 6) is -0.432. The molecule has 0 amide bonds. The van der Waals surface area contributed by atoms with Gasteiger partial charge in [0.15, 0.2) is 5.79 Å². The Morgan fingerprint density at radius 1 is 1.42 bits per heavy atom. The minimum atomic E-state index is -0.432. The molecule has 1 saturated heterocycles. The van der Waals surface area contributed by atoms with Crippen LogP contribution in [-0.2, 0) is 9.47 Å². The maximum absolute atomic E-state index is 5.70. The lowest BCUT2D eigenvalue weighted by atomic mass is 10.1. The predicted octanol–water partition coefficient (Wildman–Crippen LogP) is 2.49. The zero-order valence-electron chi connectivity index (χ0n) is 8.17. The zero-order valence-corrected chi connectivity index (χ0v) is 8.17. The van der Waals surface area contributed by atoms with Crippen LogP contribution in [0.5, 0.6) is 0 Å². The second-order valence-corrected chi connectivity index (χ2v) is 3.66. The first-order chi connectivity index (χ1) is 5.59. The lowest BCUT2D eigenvalue weighted by Gasteiger charge is -2.16. The normalized spacial score (nSPS) is 33.6. The average Bonchev–Trinajstić information content (AvgIpc) is 2.26. The Balaban J connectivity index is 2.56. The van der Waals surface area contributed by atoms with Gasteiger partial charge in [0.2, 0.25) is 0 Å². The minimum Gasteiger partial charge on any atom is -0.344 e. The molecule has 2 atom stereocenters. The van der Waals surface area contributed by atoms with E-state index in [0.29, 0.717) is 0 Å². The molecule has 0 aliphatic carbocycles. The first-order valence-electron chi connectivity index (χ1n) is 4.57. The summed E-state index contributed by atoms with van der Waals surface area (Å²) in [5.41, 5.74) is 0. The van der Waals surface area contributed by atoms with Crippen molar-refractivity contribution in [2.45, 2.75) is 51.6 Å². The second kappa shape index (κ2) is 3.58. The lowest BCUT2D eigenvalue weighted by molar-refractivity contribution is -0.143. The van der Waals surface area contributed by atoms with E-state index in [1.807, 2.05) is 19.9 Å². The van der Waals surface area contributed by atoms with E-state index < -0.39 is 5.79 Å². The summed E-state index contributed by atoms with van der Waals surface area (Å²) in [4.78, 5) is 0. The highest BCUT2D eigenvalue weighted by Gasteiger charge is 2.38. The van der Waals surface area contributed by atoms with E-state index in [1.165, 1.54) is 0 Å². The minimum absolute atomic E-state index is 0.0694. The van der Waals surface area contributed by atoms with Crippen LogP contribution in [-0.4, -0.2) is 18.0 Å². The van der Waals surface area contributed by atoms with E-state index in [0.717, 1.165) is 12.8 Å². The molecular formula is C10H18O2. The molecule has 0 aromatic rings. The Morgan fingerprint density at radius 3 is 2.58 bits per heavy atom. The first kappa shape index (κ1) is 9.75. The van der Waals surface area contributed by atoms with Crippen molar-refractivity contribution in [3.63, 3.8) is 0 Å². The summed E-state index contributed by atoms with van der Waals surface area (Å²) in [5, 5.41) is 0. The highest BCUT2D eigenvalue weighted by Crippen LogP contribution is 2.30. The number of ether oxygens (including phenoxy) is 2. The third-order valence-corrected chi connectivity index (χ3v) is 2.03. The molecule has 0 bridgehead atoms. The van der Waals surface area contributed by atoms with Gasteiger partial charge in [0.1, 0.15) is 6.10 Å². The van der Waals surface area contributed by atoms with E-state index in [9.17, 15) is 0 Å². The fourth-order valence-corrected chi connectivity index (χ4v) is 1.57. The number of hydrogen-bond acceptors (Lipinski definition) is 2. The summed E-state index contributed by atoms with van der Waals surface area (Å²) in [6.45, 7) is 9.77. The van der Waals surface area contributed by atoms with Crippen LogP contribution in [0.3, 0.4) is 0 Å². The van der Waals surface area contributed by atoms with Gasteiger partial charge in [0.25, 0.3) is 0 Å². The summed E-state index contributed by atoms with van der Waals surface area (Å²) in [6, 6.07) is 0. The molecule has 0 aromatic heterocycles. The van der Waals surface area contributed by atoms with Gasteiger partial charge in [0, 0.05) is 0 Å². The molecule has 1 aliphatic rings. The van der Waals surface area contributed by atoms with Crippen molar-refractivity contribution in [2.24, 2.45) is 0 Å². The van der Waals surface area contributed by atoms with Crippen molar-refractivity contribution in [2.75, 3.05) is 0 Å². The van der Waals surface area contributed by atoms with E-state index >= 15 is 0 Å². The fraction of sp³-hybridized carbons (Fsp3) is 0.800. The maximum atomic E-state index is 5.70. The standard InChI is InChI=1S/C10H18O2/c1-5-7-9-8(6-2)11-10(3,4)12-9/h6,8-9H,2,5,7H2,1,3-4H3. The third-order valence-electron chi connectivity index (χ3n) is 2.03. The van der Waals surface area contributed by atoms with Crippen molar-refractivity contribution < 1.29 is 9.47 Å². The number of rotatable bonds is 3. The van der Waals surface area contributed by atoms with E-state index in [1.54, 1.807) is 0 Å². The summed E-state index contributed by atoms with van der Waals surface area (Å²) in [7, 11) is 0. The average molecular weight is 170 g/mol. The van der Waals surface area contributed by atoms with Gasteiger partial charge < -0.3 is 9.47 Å². The Morgan fingerprint density at radius 2 is 2.08 bits per heavy atom. The van der Waals surface area contributed by atoms with Crippen LogP contribution >= 0.6 is 0 Å². The summed E-state index contributed by atoms with van der Waals surface area (Å²) < 4.78 is 11.3. The van der Waals surface area contributed by atoms with Gasteiger partial charge >= 0.3 is 0 Å². The molecule has 0 aromatic carbocycles. The van der Waals surface area contributed by atoms with Gasteiger partial charge in [-0.25, -0.2) is 0 Å². The first-order valence-corrected chi connectivity index (χ1v) is 4.57. The molecular weight excluding hydrogens is 152 g/mol. The summed E-state index contributed by atoms with van der Waals surface area (Å²) in [6.07, 6.45) is 4.26. The van der Waals surface area contributed by atoms with Crippen molar-refractivity contribution >= 4 is 0 Å². The van der Waals surface area contributed by atoms with Crippen molar-refractivity contribution in [1.29, 1.82) is 0 Å². The van der Waals surface area contributed by atoms with Crippen LogP contribution in [0.2, 0.25) is 0 Å². The maximum Gasteiger partial charge on any atom is 0.164 e. The van der Waals surface area contributed by atoms with Crippen LogP contribution in [0, 0.1) is 0 Å². The largest absolute Gasteiger partial charge is 0.344 e. The predicted molar refractivity (Wildman–Crippen MR) is 48.9 cm³/mol. The molecule has 12 heavy (non-hydrogen) atoms. The SMILES string of the molecule is C=CC1OC(C)(C)OC1CCC. The highest BCUT2D eigenvalue weighted by atomic mass is 16.7. The molecule has 0 radical (unpaired) electrons. The molecule has 0 saturated carbocycles. The van der Waals surface area contributed by atoms with Crippen LogP contribution in [0.25, 0.3) is 0 Å². The molecule has 0 spiro atoms. The van der Waals surface area contributed by atoms with Crippen molar-refractivity contribution in [3.8, 4) is 0 Å². The van der Waals surface area contributed by atoms with Crippen LogP contribution in [0.15, 0.2) is 12.7 Å². The molecule has 0 N–H and O–H groups in total. The zero-order chi connectivity index (χ0) is 9.19. The van der Waals surface area contributed by atoms with E-state index in [2.05, 4.69) is 13.5 Å². The van der Waals surface area contributed by atoms with Gasteiger partial charge in [-0.2, -0.15) is 0 Å². The van der Waals surface area contributed by atoms with Gasteiger partial charge in [0.05, 0.1) is 6.10 Å². The fourth-order valence-electron chi connectivity index (χ4n) is 1.57. The van der Waals surface area contributed by atoms with Gasteiger partial charge in [-0.15, -0.1) is 6.58 Å². The van der Waals surface area contributed by atoms with Crippen molar-refractivity contribution in [3.05, 3.63) is 12.7 Å². The second-order valence-electron chi connectivity index (χ2n) is 3.66. The molecule has 2 heteroatoms. The molecule has 70 valence electrons. The monoisotopic (exact) mass is 170 g/mol. The summed E-state index contributed by atoms with van der Waals surface area (Å²) >= 11 is 0. The van der Waals surface area contributed by atoms with E-state index in [-0.39, 0.29) is 12.2 Å². The quantitative estimate of drug-likeness (QED) is 0.606. The van der Waals surface area contributed by atoms with Gasteiger partial charge in [-0.3, -0.25) is 0 Å². The Labute approximate surface area is 74.6 Å². The molecule has 2 unspecified atom stereocenters. The van der Waals surface area contributed by atoms with Crippen LogP contribution in [0.1, 0.15) is 33.6 Å². The molecule has 1 fully saturated rings. The van der Waals surface area contributed by atoms with Gasteiger partial charge in [-0.05, 0) is 20.3 Å². The molecule has 1 heterocycles. The topological polar surface area (TPSA) is 18.5 Å². The Hall–Kier alpha value is -0.340. The molecule has 1 rings (SSSR count).